The van der Waals surface area contributed by atoms with E-state index in [1.807, 2.05) is 20.8 Å². The van der Waals surface area contributed by atoms with Crippen molar-refractivity contribution in [2.75, 3.05) is 5.32 Å². The Bertz CT molecular complexity index is 475. The van der Waals surface area contributed by atoms with E-state index in [1.165, 1.54) is 11.1 Å². The molecule has 0 radical (unpaired) electrons. The molecule has 1 rings (SSSR count). The van der Waals surface area contributed by atoms with Crippen LogP contribution < -0.4 is 5.32 Å². The monoisotopic (exact) mass is 317 g/mol. The van der Waals surface area contributed by atoms with Crippen LogP contribution in [-0.4, -0.2) is 5.91 Å². The zero-order valence-electron chi connectivity index (χ0n) is 16.1. The van der Waals surface area contributed by atoms with Gasteiger partial charge in [-0.2, -0.15) is 0 Å². The van der Waals surface area contributed by atoms with Gasteiger partial charge < -0.3 is 5.32 Å². The Kier molecular flexibility index (Phi) is 7.31. The molecule has 0 fully saturated rings. The topological polar surface area (TPSA) is 29.1 Å². The molecule has 0 spiro atoms. The Morgan fingerprint density at radius 1 is 0.913 bits per heavy atom. The number of hydrogen-bond acceptors (Lipinski definition) is 1. The van der Waals surface area contributed by atoms with Crippen molar-refractivity contribution in [3.8, 4) is 0 Å². The summed E-state index contributed by atoms with van der Waals surface area (Å²) in [5.41, 5.74) is 3.30. The van der Waals surface area contributed by atoms with Gasteiger partial charge in [0.2, 0.25) is 5.91 Å². The van der Waals surface area contributed by atoms with Crippen LogP contribution in [-0.2, 0) is 4.79 Å². The third-order valence-corrected chi connectivity index (χ3v) is 4.90. The SMILES string of the molecule is CCC(CC)c1cccc(C(CC)CC)c1NC(=O)C(C)(C)C. The first-order chi connectivity index (χ1) is 10.8. The lowest BCUT2D eigenvalue weighted by atomic mass is 9.85. The molecule has 0 aliphatic carbocycles. The number of carbonyl (C=O) groups excluding carboxylic acids is 1. The minimum Gasteiger partial charge on any atom is -0.325 e. The highest BCUT2D eigenvalue weighted by Crippen LogP contribution is 2.38. The first-order valence-corrected chi connectivity index (χ1v) is 9.24. The van der Waals surface area contributed by atoms with Crippen molar-refractivity contribution in [3.05, 3.63) is 29.3 Å². The van der Waals surface area contributed by atoms with Gasteiger partial charge in [-0.05, 0) is 48.6 Å². The minimum absolute atomic E-state index is 0.100. The van der Waals surface area contributed by atoms with E-state index in [0.717, 1.165) is 31.4 Å². The molecule has 2 heteroatoms. The van der Waals surface area contributed by atoms with E-state index in [-0.39, 0.29) is 11.3 Å². The van der Waals surface area contributed by atoms with E-state index in [4.69, 9.17) is 0 Å². The van der Waals surface area contributed by atoms with E-state index < -0.39 is 0 Å². The third-order valence-electron chi connectivity index (χ3n) is 4.90. The van der Waals surface area contributed by atoms with Crippen LogP contribution in [0, 0.1) is 5.41 Å². The molecule has 0 unspecified atom stereocenters. The van der Waals surface area contributed by atoms with Crippen LogP contribution in [0.1, 0.15) is 97.1 Å². The fraction of sp³-hybridized carbons (Fsp3) is 0.667. The second kappa shape index (κ2) is 8.52. The number of rotatable bonds is 7. The van der Waals surface area contributed by atoms with Gasteiger partial charge in [0.1, 0.15) is 0 Å². The summed E-state index contributed by atoms with van der Waals surface area (Å²) in [6, 6.07) is 6.55. The molecule has 0 atom stereocenters. The maximum atomic E-state index is 12.6. The number of para-hydroxylation sites is 1. The quantitative estimate of drug-likeness (QED) is 0.612. The summed E-state index contributed by atoms with van der Waals surface area (Å²) in [7, 11) is 0. The Labute approximate surface area is 143 Å². The molecule has 0 bridgehead atoms. The molecule has 0 aromatic heterocycles. The molecular weight excluding hydrogens is 282 g/mol. The van der Waals surface area contributed by atoms with Crippen LogP contribution in [0.15, 0.2) is 18.2 Å². The summed E-state index contributed by atoms with van der Waals surface area (Å²) in [5.74, 6) is 1.10. The molecular formula is C21H35NO. The van der Waals surface area contributed by atoms with Crippen molar-refractivity contribution in [1.82, 2.24) is 0 Å². The summed E-state index contributed by atoms with van der Waals surface area (Å²) >= 11 is 0. The highest BCUT2D eigenvalue weighted by Gasteiger charge is 2.25. The molecule has 1 aromatic rings. The molecule has 1 aromatic carbocycles. The van der Waals surface area contributed by atoms with Crippen molar-refractivity contribution in [1.29, 1.82) is 0 Å². The molecule has 0 heterocycles. The first-order valence-electron chi connectivity index (χ1n) is 9.24. The normalized spacial score (nSPS) is 12.0. The minimum atomic E-state index is -0.383. The van der Waals surface area contributed by atoms with Crippen LogP contribution >= 0.6 is 0 Å². The second-order valence-electron chi connectivity index (χ2n) is 7.54. The highest BCUT2D eigenvalue weighted by atomic mass is 16.2. The van der Waals surface area contributed by atoms with Gasteiger partial charge in [-0.25, -0.2) is 0 Å². The number of anilines is 1. The molecule has 0 aliphatic rings. The average molecular weight is 318 g/mol. The summed E-state index contributed by atoms with van der Waals surface area (Å²) in [6.07, 6.45) is 4.39. The van der Waals surface area contributed by atoms with Gasteiger partial charge in [0.15, 0.2) is 0 Å². The van der Waals surface area contributed by atoms with E-state index in [1.54, 1.807) is 0 Å². The van der Waals surface area contributed by atoms with Gasteiger partial charge in [-0.15, -0.1) is 0 Å². The van der Waals surface area contributed by atoms with Gasteiger partial charge in [0.25, 0.3) is 0 Å². The number of hydrogen-bond donors (Lipinski definition) is 1. The zero-order chi connectivity index (χ0) is 17.6. The van der Waals surface area contributed by atoms with Crippen molar-refractivity contribution in [3.63, 3.8) is 0 Å². The lowest BCUT2D eigenvalue weighted by Crippen LogP contribution is -2.29. The maximum Gasteiger partial charge on any atom is 0.229 e. The average Bonchev–Trinajstić information content (AvgIpc) is 2.51. The smallest absolute Gasteiger partial charge is 0.229 e. The number of carbonyl (C=O) groups is 1. The molecule has 1 N–H and O–H groups in total. The van der Waals surface area contributed by atoms with Crippen LogP contribution in [0.4, 0.5) is 5.69 Å². The maximum absolute atomic E-state index is 12.6. The fourth-order valence-corrected chi connectivity index (χ4v) is 3.17. The van der Waals surface area contributed by atoms with Gasteiger partial charge in [-0.1, -0.05) is 66.7 Å². The van der Waals surface area contributed by atoms with Gasteiger partial charge >= 0.3 is 0 Å². The number of nitrogens with one attached hydrogen (secondary N) is 1. The Morgan fingerprint density at radius 3 is 1.61 bits per heavy atom. The predicted octanol–water partition coefficient (Wildman–Crippen LogP) is 6.48. The van der Waals surface area contributed by atoms with Crippen LogP contribution in [0.25, 0.3) is 0 Å². The number of amides is 1. The van der Waals surface area contributed by atoms with Gasteiger partial charge in [-0.3, -0.25) is 4.79 Å². The van der Waals surface area contributed by atoms with E-state index in [9.17, 15) is 4.79 Å². The van der Waals surface area contributed by atoms with Crippen molar-refractivity contribution in [2.45, 2.75) is 86.0 Å². The molecule has 2 nitrogen and oxygen atoms in total. The van der Waals surface area contributed by atoms with Crippen LogP contribution in [0.2, 0.25) is 0 Å². The predicted molar refractivity (Wildman–Crippen MR) is 101 cm³/mol. The van der Waals surface area contributed by atoms with Crippen LogP contribution in [0.3, 0.4) is 0 Å². The fourth-order valence-electron chi connectivity index (χ4n) is 3.17. The summed E-state index contributed by atoms with van der Waals surface area (Å²) < 4.78 is 0. The molecule has 0 saturated carbocycles. The second-order valence-corrected chi connectivity index (χ2v) is 7.54. The highest BCUT2D eigenvalue weighted by molar-refractivity contribution is 5.96. The molecule has 1 amide bonds. The number of benzene rings is 1. The zero-order valence-corrected chi connectivity index (χ0v) is 16.1. The largest absolute Gasteiger partial charge is 0.325 e. The van der Waals surface area contributed by atoms with Crippen molar-refractivity contribution < 1.29 is 4.79 Å². The van der Waals surface area contributed by atoms with Crippen molar-refractivity contribution >= 4 is 11.6 Å². The molecule has 0 saturated heterocycles. The molecule has 23 heavy (non-hydrogen) atoms. The molecule has 130 valence electrons. The lowest BCUT2D eigenvalue weighted by Gasteiger charge is -2.27. The Morgan fingerprint density at radius 2 is 1.30 bits per heavy atom. The summed E-state index contributed by atoms with van der Waals surface area (Å²) in [5, 5.41) is 3.28. The van der Waals surface area contributed by atoms with E-state index in [2.05, 4.69) is 51.2 Å². The van der Waals surface area contributed by atoms with Crippen LogP contribution in [0.5, 0.6) is 0 Å². The Balaban J connectivity index is 3.42. The standard InChI is InChI=1S/C21H35NO/c1-8-15(9-2)17-13-12-14-18(16(10-3)11-4)19(17)22-20(23)21(5,6)7/h12-16H,8-11H2,1-7H3,(H,22,23). The van der Waals surface area contributed by atoms with E-state index in [0.29, 0.717) is 11.8 Å². The lowest BCUT2D eigenvalue weighted by molar-refractivity contribution is -0.123. The summed E-state index contributed by atoms with van der Waals surface area (Å²) in [6.45, 7) is 14.8. The molecule has 0 aliphatic heterocycles. The van der Waals surface area contributed by atoms with E-state index >= 15 is 0 Å². The summed E-state index contributed by atoms with van der Waals surface area (Å²) in [4.78, 5) is 12.6. The first kappa shape index (κ1) is 19.7. The Hall–Kier alpha value is -1.31. The van der Waals surface area contributed by atoms with Crippen molar-refractivity contribution in [2.24, 2.45) is 5.41 Å². The third kappa shape index (κ3) is 4.83. The van der Waals surface area contributed by atoms with Gasteiger partial charge in [0.05, 0.1) is 0 Å². The van der Waals surface area contributed by atoms with Gasteiger partial charge in [0, 0.05) is 11.1 Å².